The number of carbonyl (C=O) groups excluding carboxylic acids is 1. The Morgan fingerprint density at radius 3 is 2.37 bits per heavy atom. The van der Waals surface area contributed by atoms with Gasteiger partial charge in [-0.25, -0.2) is 4.98 Å². The maximum absolute atomic E-state index is 13.0. The van der Waals surface area contributed by atoms with Crippen molar-refractivity contribution in [1.29, 1.82) is 0 Å². The first kappa shape index (κ1) is 22.7. The van der Waals surface area contributed by atoms with Gasteiger partial charge in [0.25, 0.3) is 5.91 Å². The van der Waals surface area contributed by atoms with Crippen LogP contribution in [0.1, 0.15) is 6.92 Å². The zero-order valence-corrected chi connectivity index (χ0v) is 19.9. The predicted molar refractivity (Wildman–Crippen MR) is 137 cm³/mol. The molecule has 0 aliphatic carbocycles. The first-order chi connectivity index (χ1) is 17.1. The van der Waals surface area contributed by atoms with Gasteiger partial charge < -0.3 is 19.3 Å². The first-order valence-electron chi connectivity index (χ1n) is 11.8. The Bertz CT molecular complexity index is 1320. The lowest BCUT2D eigenvalue weighted by Gasteiger charge is -2.37. The van der Waals surface area contributed by atoms with Gasteiger partial charge in [-0.1, -0.05) is 18.2 Å². The molecule has 0 radical (unpaired) electrons. The van der Waals surface area contributed by atoms with Gasteiger partial charge in [0.15, 0.2) is 6.10 Å². The van der Waals surface area contributed by atoms with Crippen molar-refractivity contribution in [2.45, 2.75) is 13.0 Å². The van der Waals surface area contributed by atoms with E-state index < -0.39 is 6.10 Å². The van der Waals surface area contributed by atoms with Crippen LogP contribution in [-0.4, -0.2) is 60.2 Å². The maximum Gasteiger partial charge on any atom is 0.263 e. The van der Waals surface area contributed by atoms with Crippen LogP contribution in [0.5, 0.6) is 11.5 Å². The highest BCUT2D eigenvalue weighted by Gasteiger charge is 2.26. The summed E-state index contributed by atoms with van der Waals surface area (Å²) in [6, 6.07) is 23.4. The smallest absolute Gasteiger partial charge is 0.263 e. The quantitative estimate of drug-likeness (QED) is 0.417. The van der Waals surface area contributed by atoms with Crippen molar-refractivity contribution in [3.63, 3.8) is 0 Å². The van der Waals surface area contributed by atoms with Crippen LogP contribution in [0.4, 0.5) is 5.69 Å². The highest BCUT2D eigenvalue weighted by Crippen LogP contribution is 2.24. The molecule has 1 atom stereocenters. The summed E-state index contributed by atoms with van der Waals surface area (Å²) in [6.45, 7) is 4.66. The van der Waals surface area contributed by atoms with Gasteiger partial charge >= 0.3 is 0 Å². The third kappa shape index (κ3) is 5.04. The summed E-state index contributed by atoms with van der Waals surface area (Å²) in [6.07, 6.45) is 1.21. The Hall–Kier alpha value is -4.13. The van der Waals surface area contributed by atoms with Crippen molar-refractivity contribution >= 4 is 22.6 Å². The number of amides is 1. The fourth-order valence-electron chi connectivity index (χ4n) is 4.30. The standard InChI is InChI=1S/C28H28N4O3/c1-20(28(33)32-16-14-31(15-17-32)22-6-5-7-24(18-22)34-2)35-23-12-10-21(11-13-23)27-19-29-25-8-3-4-9-26(25)30-27/h3-13,18-20H,14-17H2,1-2H3. The number of para-hydroxylation sites is 2. The number of nitrogens with zero attached hydrogens (tertiary/aromatic N) is 4. The van der Waals surface area contributed by atoms with E-state index in [0.29, 0.717) is 18.8 Å². The summed E-state index contributed by atoms with van der Waals surface area (Å²) in [5.41, 5.74) is 4.58. The van der Waals surface area contributed by atoms with Crippen LogP contribution in [0.3, 0.4) is 0 Å². The van der Waals surface area contributed by atoms with Crippen LogP contribution >= 0.6 is 0 Å². The van der Waals surface area contributed by atoms with E-state index in [9.17, 15) is 4.79 Å². The second-order valence-corrected chi connectivity index (χ2v) is 8.54. The van der Waals surface area contributed by atoms with E-state index in [-0.39, 0.29) is 5.91 Å². The molecule has 4 aromatic rings. The fraction of sp³-hybridized carbons (Fsp3) is 0.250. The molecule has 1 aliphatic heterocycles. The Morgan fingerprint density at radius 1 is 0.886 bits per heavy atom. The number of rotatable bonds is 6. The van der Waals surface area contributed by atoms with E-state index in [1.807, 2.05) is 71.6 Å². The minimum atomic E-state index is -0.565. The number of carbonyl (C=O) groups is 1. The average molecular weight is 469 g/mol. The molecule has 178 valence electrons. The van der Waals surface area contributed by atoms with E-state index in [1.54, 1.807) is 20.2 Å². The SMILES string of the molecule is COc1cccc(N2CCN(C(=O)C(C)Oc3ccc(-c4cnc5ccccc5n4)cc3)CC2)c1. The average Bonchev–Trinajstić information content (AvgIpc) is 2.93. The van der Waals surface area contributed by atoms with Crippen molar-refractivity contribution in [3.8, 4) is 22.8 Å². The molecule has 1 aromatic heterocycles. The van der Waals surface area contributed by atoms with Crippen LogP contribution in [0.25, 0.3) is 22.3 Å². The van der Waals surface area contributed by atoms with Crippen molar-refractivity contribution in [2.75, 3.05) is 38.2 Å². The molecular formula is C28H28N4O3. The number of methoxy groups -OCH3 is 1. The zero-order valence-electron chi connectivity index (χ0n) is 19.9. The summed E-state index contributed by atoms with van der Waals surface area (Å²) in [4.78, 5) is 26.3. The fourth-order valence-corrected chi connectivity index (χ4v) is 4.30. The predicted octanol–water partition coefficient (Wildman–Crippen LogP) is 4.42. The molecule has 0 bridgehead atoms. The molecule has 1 fully saturated rings. The number of hydrogen-bond acceptors (Lipinski definition) is 6. The number of piperazine rings is 1. The molecule has 2 heterocycles. The Morgan fingerprint density at radius 2 is 1.63 bits per heavy atom. The van der Waals surface area contributed by atoms with Crippen molar-refractivity contribution in [2.24, 2.45) is 0 Å². The molecule has 0 saturated carbocycles. The van der Waals surface area contributed by atoms with Crippen LogP contribution in [0.2, 0.25) is 0 Å². The number of benzene rings is 3. The summed E-state index contributed by atoms with van der Waals surface area (Å²) < 4.78 is 11.3. The lowest BCUT2D eigenvalue weighted by molar-refractivity contribution is -0.138. The number of hydrogen-bond donors (Lipinski definition) is 0. The number of ether oxygens (including phenoxy) is 2. The molecule has 1 amide bonds. The third-order valence-electron chi connectivity index (χ3n) is 6.27. The summed E-state index contributed by atoms with van der Waals surface area (Å²) >= 11 is 0. The van der Waals surface area contributed by atoms with Gasteiger partial charge in [0, 0.05) is 43.5 Å². The molecular weight excluding hydrogens is 440 g/mol. The number of aromatic nitrogens is 2. The van der Waals surface area contributed by atoms with Gasteiger partial charge in [0.2, 0.25) is 0 Å². The van der Waals surface area contributed by atoms with Gasteiger partial charge in [-0.3, -0.25) is 9.78 Å². The van der Waals surface area contributed by atoms with Crippen LogP contribution in [-0.2, 0) is 4.79 Å². The largest absolute Gasteiger partial charge is 0.497 e. The lowest BCUT2D eigenvalue weighted by Crippen LogP contribution is -2.52. The van der Waals surface area contributed by atoms with Gasteiger partial charge in [-0.15, -0.1) is 0 Å². The maximum atomic E-state index is 13.0. The normalized spacial score (nSPS) is 14.6. The molecule has 1 unspecified atom stereocenters. The Labute approximate surface area is 204 Å². The van der Waals surface area contributed by atoms with Crippen LogP contribution in [0, 0.1) is 0 Å². The number of anilines is 1. The second-order valence-electron chi connectivity index (χ2n) is 8.54. The van der Waals surface area contributed by atoms with Gasteiger partial charge in [-0.2, -0.15) is 0 Å². The molecule has 0 N–H and O–H groups in total. The molecule has 35 heavy (non-hydrogen) atoms. The topological polar surface area (TPSA) is 67.8 Å². The Kier molecular flexibility index (Phi) is 6.48. The van der Waals surface area contributed by atoms with Crippen LogP contribution in [0.15, 0.2) is 79.0 Å². The highest BCUT2D eigenvalue weighted by atomic mass is 16.5. The van der Waals surface area contributed by atoms with Crippen molar-refractivity contribution < 1.29 is 14.3 Å². The van der Waals surface area contributed by atoms with E-state index in [0.717, 1.165) is 46.8 Å². The van der Waals surface area contributed by atoms with Gasteiger partial charge in [0.05, 0.1) is 30.0 Å². The minimum Gasteiger partial charge on any atom is -0.497 e. The molecule has 7 nitrogen and oxygen atoms in total. The van der Waals surface area contributed by atoms with Gasteiger partial charge in [0.1, 0.15) is 11.5 Å². The molecule has 5 rings (SSSR count). The molecule has 3 aromatic carbocycles. The number of fused-ring (bicyclic) bond motifs is 1. The van der Waals surface area contributed by atoms with E-state index in [1.165, 1.54) is 0 Å². The summed E-state index contributed by atoms with van der Waals surface area (Å²) in [5, 5.41) is 0. The highest BCUT2D eigenvalue weighted by molar-refractivity contribution is 5.81. The van der Waals surface area contributed by atoms with Crippen molar-refractivity contribution in [3.05, 3.63) is 79.0 Å². The summed E-state index contributed by atoms with van der Waals surface area (Å²) in [7, 11) is 1.67. The van der Waals surface area contributed by atoms with Crippen molar-refractivity contribution in [1.82, 2.24) is 14.9 Å². The third-order valence-corrected chi connectivity index (χ3v) is 6.27. The molecule has 0 spiro atoms. The molecule has 1 aliphatic rings. The van der Waals surface area contributed by atoms with E-state index in [4.69, 9.17) is 9.47 Å². The molecule has 7 heteroatoms. The Balaban J connectivity index is 1.18. The lowest BCUT2D eigenvalue weighted by atomic mass is 10.1. The first-order valence-corrected chi connectivity index (χ1v) is 11.8. The summed E-state index contributed by atoms with van der Waals surface area (Å²) in [5.74, 6) is 1.49. The van der Waals surface area contributed by atoms with E-state index in [2.05, 4.69) is 20.9 Å². The molecule has 1 saturated heterocycles. The second kappa shape index (κ2) is 10.0. The van der Waals surface area contributed by atoms with Gasteiger partial charge in [-0.05, 0) is 55.5 Å². The zero-order chi connectivity index (χ0) is 24.2. The minimum absolute atomic E-state index is 0.000218. The van der Waals surface area contributed by atoms with E-state index >= 15 is 0 Å². The van der Waals surface area contributed by atoms with Crippen LogP contribution < -0.4 is 14.4 Å². The monoisotopic (exact) mass is 468 g/mol.